The molecular weight excluding hydrogens is 662 g/mol. The molecule has 1 atom stereocenters. The van der Waals surface area contributed by atoms with Gasteiger partial charge in [-0.05, 0) is 29.8 Å². The molecular formula is C29H26ClN5O9S2. The van der Waals surface area contributed by atoms with Crippen LogP contribution in [0, 0.1) is 11.3 Å². The van der Waals surface area contributed by atoms with Gasteiger partial charge in [0.1, 0.15) is 22.2 Å². The number of allylic oxidation sites excluding steroid dienone is 1. The maximum atomic E-state index is 13.3. The van der Waals surface area contributed by atoms with E-state index in [2.05, 4.69) is 9.44 Å². The number of sulfonamides is 2. The molecule has 0 fully saturated rings. The Bertz CT molecular complexity index is 2060. The molecule has 0 radical (unpaired) electrons. The number of benzene rings is 3. The van der Waals surface area contributed by atoms with Gasteiger partial charge >= 0.3 is 11.9 Å². The summed E-state index contributed by atoms with van der Waals surface area (Å²) in [7, 11) is -6.08. The molecule has 0 saturated carbocycles. The summed E-state index contributed by atoms with van der Waals surface area (Å²) in [5.41, 5.74) is 5.45. The first-order valence-electron chi connectivity index (χ1n) is 12.9. The van der Waals surface area contributed by atoms with Crippen LogP contribution in [0.4, 0.5) is 17.1 Å². The average Bonchev–Trinajstić information content (AvgIpc) is 3.00. The van der Waals surface area contributed by atoms with Gasteiger partial charge in [0.05, 0.1) is 65.7 Å². The third-order valence-electron chi connectivity index (χ3n) is 6.59. The number of carbonyl (C=O) groups excluding carboxylic acids is 2. The Morgan fingerprint density at radius 2 is 1.57 bits per heavy atom. The van der Waals surface area contributed by atoms with E-state index in [-0.39, 0.29) is 34.0 Å². The molecule has 0 aliphatic carbocycles. The van der Waals surface area contributed by atoms with E-state index in [9.17, 15) is 36.8 Å². The highest BCUT2D eigenvalue weighted by molar-refractivity contribution is 7.93. The largest absolute Gasteiger partial charge is 0.506 e. The predicted octanol–water partition coefficient (Wildman–Crippen LogP) is 3.12. The van der Waals surface area contributed by atoms with Crippen molar-refractivity contribution in [1.82, 2.24) is 0 Å². The Balaban J connectivity index is 1.89. The topological polar surface area (TPSA) is 218 Å². The molecule has 1 heterocycles. The molecule has 0 aromatic heterocycles. The van der Waals surface area contributed by atoms with Crippen LogP contribution >= 0.6 is 11.6 Å². The van der Waals surface area contributed by atoms with E-state index in [1.165, 1.54) is 24.3 Å². The van der Waals surface area contributed by atoms with Crippen molar-refractivity contribution >= 4 is 60.6 Å². The summed E-state index contributed by atoms with van der Waals surface area (Å²) < 4.78 is 64.3. The standard InChI is InChI=1S/C29H26ClN5O9S2/c1-43-28(37)25-24(16-8-5-4-6-9-16)19(15-31)27(32)35(26(25)29(38)44-2)21-13-20(30)23(14-22(21)36)46(41,42)34-18-11-7-10-17(12-18)33-45(3,39)40/h4-14,24,33-34,36H,32H2,1-3H3. The van der Waals surface area contributed by atoms with Crippen LogP contribution < -0.4 is 20.1 Å². The predicted molar refractivity (Wildman–Crippen MR) is 168 cm³/mol. The van der Waals surface area contributed by atoms with Crippen LogP contribution in [-0.2, 0) is 39.1 Å². The Morgan fingerprint density at radius 1 is 0.957 bits per heavy atom. The Hall–Kier alpha value is -5.24. The smallest absolute Gasteiger partial charge is 0.355 e. The molecule has 0 spiro atoms. The number of carbonyl (C=O) groups is 2. The van der Waals surface area contributed by atoms with Gasteiger partial charge in [-0.2, -0.15) is 5.26 Å². The van der Waals surface area contributed by atoms with Crippen molar-refractivity contribution in [2.24, 2.45) is 5.73 Å². The third kappa shape index (κ3) is 6.71. The normalized spacial score (nSPS) is 15.2. The zero-order valence-corrected chi connectivity index (χ0v) is 26.7. The van der Waals surface area contributed by atoms with Crippen LogP contribution in [0.3, 0.4) is 0 Å². The molecule has 46 heavy (non-hydrogen) atoms. The molecule has 0 amide bonds. The van der Waals surface area contributed by atoms with Crippen molar-refractivity contribution in [1.29, 1.82) is 5.26 Å². The maximum absolute atomic E-state index is 13.3. The molecule has 0 bridgehead atoms. The van der Waals surface area contributed by atoms with Gasteiger partial charge in [-0.3, -0.25) is 14.3 Å². The number of nitrogens with zero attached hydrogens (tertiary/aromatic N) is 2. The maximum Gasteiger partial charge on any atom is 0.355 e. The number of methoxy groups -OCH3 is 2. The number of nitriles is 1. The highest BCUT2D eigenvalue weighted by Gasteiger charge is 2.44. The van der Waals surface area contributed by atoms with Gasteiger partial charge in [-0.25, -0.2) is 26.4 Å². The Kier molecular flexibility index (Phi) is 9.52. The van der Waals surface area contributed by atoms with E-state index in [1.54, 1.807) is 30.3 Å². The van der Waals surface area contributed by atoms with Gasteiger partial charge in [-0.1, -0.05) is 48.0 Å². The number of esters is 2. The number of nitrogens with two attached hydrogens (primary N) is 1. The molecule has 240 valence electrons. The number of hydrogen-bond acceptors (Lipinski definition) is 12. The summed E-state index contributed by atoms with van der Waals surface area (Å²) in [5.74, 6) is -4.46. The fraction of sp³-hybridized carbons (Fsp3) is 0.138. The van der Waals surface area contributed by atoms with Crippen LogP contribution in [0.15, 0.2) is 94.3 Å². The summed E-state index contributed by atoms with van der Waals surface area (Å²) >= 11 is 6.43. The first-order chi connectivity index (χ1) is 21.6. The summed E-state index contributed by atoms with van der Waals surface area (Å²) in [5, 5.41) is 20.9. The van der Waals surface area contributed by atoms with E-state index in [0.29, 0.717) is 5.56 Å². The van der Waals surface area contributed by atoms with Crippen molar-refractivity contribution in [3.63, 3.8) is 0 Å². The van der Waals surface area contributed by atoms with Crippen LogP contribution in [0.2, 0.25) is 5.02 Å². The quantitative estimate of drug-likeness (QED) is 0.239. The van der Waals surface area contributed by atoms with Crippen LogP contribution in [0.5, 0.6) is 5.75 Å². The highest BCUT2D eigenvalue weighted by Crippen LogP contribution is 2.46. The minimum atomic E-state index is -4.52. The lowest BCUT2D eigenvalue weighted by molar-refractivity contribution is -0.139. The molecule has 3 aromatic carbocycles. The second-order valence-corrected chi connectivity index (χ2v) is 13.5. The third-order valence-corrected chi connectivity index (χ3v) is 9.04. The van der Waals surface area contributed by atoms with Crippen molar-refractivity contribution in [3.8, 4) is 11.8 Å². The molecule has 3 aromatic rings. The van der Waals surface area contributed by atoms with E-state index in [1.807, 2.05) is 6.07 Å². The molecule has 0 saturated heterocycles. The van der Waals surface area contributed by atoms with Gasteiger partial charge in [-0.15, -0.1) is 0 Å². The SMILES string of the molecule is COC(=O)C1=C(C(=O)OC)N(c2cc(Cl)c(S(=O)(=O)Nc3cccc(NS(C)(=O)=O)c3)cc2O)C(N)=C(C#N)C1c1ccccc1. The van der Waals surface area contributed by atoms with Crippen molar-refractivity contribution in [2.75, 3.05) is 34.8 Å². The number of anilines is 3. The summed E-state index contributed by atoms with van der Waals surface area (Å²) in [6.07, 6.45) is 0.925. The number of ether oxygens (including phenoxy) is 2. The van der Waals surface area contributed by atoms with Crippen LogP contribution in [0.25, 0.3) is 0 Å². The molecule has 1 aliphatic rings. The number of phenolic OH excluding ortho intramolecular Hbond substituents is 1. The van der Waals surface area contributed by atoms with Crippen molar-refractivity contribution in [3.05, 3.63) is 100.0 Å². The zero-order valence-electron chi connectivity index (χ0n) is 24.3. The number of phenols is 1. The monoisotopic (exact) mass is 687 g/mol. The summed E-state index contributed by atoms with van der Waals surface area (Å²) in [6, 6.07) is 17.3. The van der Waals surface area contributed by atoms with Gasteiger partial charge in [0.2, 0.25) is 10.0 Å². The van der Waals surface area contributed by atoms with E-state index < -0.39 is 59.3 Å². The minimum Gasteiger partial charge on any atom is -0.506 e. The summed E-state index contributed by atoms with van der Waals surface area (Å²) in [4.78, 5) is 26.8. The lowest BCUT2D eigenvalue weighted by Gasteiger charge is -2.36. The molecule has 14 nitrogen and oxygen atoms in total. The van der Waals surface area contributed by atoms with Gasteiger partial charge in [0, 0.05) is 6.07 Å². The van der Waals surface area contributed by atoms with Gasteiger partial charge < -0.3 is 20.3 Å². The van der Waals surface area contributed by atoms with Crippen molar-refractivity contribution < 1.29 is 41.0 Å². The second-order valence-electron chi connectivity index (χ2n) is 9.67. The second kappa shape index (κ2) is 13.0. The molecule has 5 N–H and O–H groups in total. The van der Waals surface area contributed by atoms with E-state index >= 15 is 0 Å². The van der Waals surface area contributed by atoms with E-state index in [0.717, 1.165) is 37.5 Å². The Labute approximate surface area is 269 Å². The van der Waals surface area contributed by atoms with Crippen LogP contribution in [-0.4, -0.2) is 54.4 Å². The highest BCUT2D eigenvalue weighted by atomic mass is 35.5. The first kappa shape index (κ1) is 33.6. The van der Waals surface area contributed by atoms with Crippen molar-refractivity contribution in [2.45, 2.75) is 10.8 Å². The number of aromatic hydroxyl groups is 1. The molecule has 1 unspecified atom stereocenters. The first-order valence-corrected chi connectivity index (χ1v) is 16.7. The zero-order chi connectivity index (χ0) is 34.0. The fourth-order valence-corrected chi connectivity index (χ4v) is 6.90. The Morgan fingerprint density at radius 3 is 2.13 bits per heavy atom. The number of halogens is 1. The fourth-order valence-electron chi connectivity index (χ4n) is 4.75. The number of rotatable bonds is 9. The number of nitrogens with one attached hydrogen (secondary N) is 2. The minimum absolute atomic E-state index is 0.0410. The summed E-state index contributed by atoms with van der Waals surface area (Å²) in [6.45, 7) is 0. The van der Waals surface area contributed by atoms with E-state index in [4.69, 9.17) is 26.8 Å². The molecule has 4 rings (SSSR count). The molecule has 1 aliphatic heterocycles. The number of hydrogen-bond donors (Lipinski definition) is 4. The molecule has 17 heteroatoms. The van der Waals surface area contributed by atoms with Gasteiger partial charge in [0.15, 0.2) is 0 Å². The lowest BCUT2D eigenvalue weighted by atomic mass is 9.81. The van der Waals surface area contributed by atoms with Gasteiger partial charge in [0.25, 0.3) is 10.0 Å². The van der Waals surface area contributed by atoms with Crippen LogP contribution in [0.1, 0.15) is 11.5 Å². The lowest BCUT2D eigenvalue weighted by Crippen LogP contribution is -2.40. The average molecular weight is 688 g/mol.